The molecule has 1 atom stereocenters. The first-order chi connectivity index (χ1) is 9.45. The Morgan fingerprint density at radius 1 is 0.950 bits per heavy atom. The third kappa shape index (κ3) is 2.56. The maximum Gasteiger partial charge on any atom is 0.166 e. The second-order valence-corrected chi connectivity index (χ2v) is 4.80. The van der Waals surface area contributed by atoms with Gasteiger partial charge in [-0.3, -0.25) is 0 Å². The van der Waals surface area contributed by atoms with E-state index < -0.39 is 17.5 Å². The van der Waals surface area contributed by atoms with Crippen molar-refractivity contribution in [2.45, 2.75) is 19.9 Å². The highest BCUT2D eigenvalue weighted by Crippen LogP contribution is 2.32. The second-order valence-electron chi connectivity index (χ2n) is 4.80. The van der Waals surface area contributed by atoms with Crippen molar-refractivity contribution in [3.8, 4) is 11.1 Å². The van der Waals surface area contributed by atoms with Crippen molar-refractivity contribution in [1.82, 2.24) is 5.32 Å². The topological polar surface area (TPSA) is 12.0 Å². The van der Waals surface area contributed by atoms with E-state index in [1.165, 1.54) is 31.2 Å². The molecule has 0 heterocycles. The average molecular weight is 279 g/mol. The van der Waals surface area contributed by atoms with Crippen molar-refractivity contribution >= 4 is 0 Å². The van der Waals surface area contributed by atoms with Gasteiger partial charge in [0.05, 0.1) is 0 Å². The van der Waals surface area contributed by atoms with Crippen molar-refractivity contribution in [2.24, 2.45) is 0 Å². The van der Waals surface area contributed by atoms with Crippen LogP contribution in [-0.2, 0) is 0 Å². The number of hydrogen-bond acceptors (Lipinski definition) is 1. The summed E-state index contributed by atoms with van der Waals surface area (Å²) in [5, 5.41) is 3.02. The van der Waals surface area contributed by atoms with Crippen LogP contribution in [0.15, 0.2) is 30.3 Å². The number of nitrogens with one attached hydrogen (secondary N) is 1. The molecule has 0 saturated carbocycles. The summed E-state index contributed by atoms with van der Waals surface area (Å²) in [5.74, 6) is -2.32. The van der Waals surface area contributed by atoms with Crippen LogP contribution in [-0.4, -0.2) is 7.05 Å². The van der Waals surface area contributed by atoms with Crippen LogP contribution >= 0.6 is 0 Å². The molecule has 2 rings (SSSR count). The summed E-state index contributed by atoms with van der Waals surface area (Å²) in [4.78, 5) is 0. The Labute approximate surface area is 116 Å². The van der Waals surface area contributed by atoms with E-state index in [0.717, 1.165) is 5.56 Å². The molecule has 0 bridgehead atoms. The van der Waals surface area contributed by atoms with Gasteiger partial charge in [0, 0.05) is 11.6 Å². The number of benzene rings is 2. The normalized spacial score (nSPS) is 12.5. The van der Waals surface area contributed by atoms with E-state index >= 15 is 0 Å². The van der Waals surface area contributed by atoms with Crippen LogP contribution in [0.2, 0.25) is 0 Å². The van der Waals surface area contributed by atoms with E-state index in [9.17, 15) is 13.2 Å². The predicted octanol–water partition coefficient (Wildman–Crippen LogP) is 4.36. The fourth-order valence-corrected chi connectivity index (χ4v) is 2.15. The number of hydrogen-bond donors (Lipinski definition) is 1. The Morgan fingerprint density at radius 2 is 1.65 bits per heavy atom. The lowest BCUT2D eigenvalue weighted by molar-refractivity contribution is 0.505. The fraction of sp³-hybridized carbons (Fsp3) is 0.250. The fourth-order valence-electron chi connectivity index (χ4n) is 2.15. The van der Waals surface area contributed by atoms with Gasteiger partial charge in [0.1, 0.15) is 5.82 Å². The Morgan fingerprint density at radius 3 is 2.30 bits per heavy atom. The lowest BCUT2D eigenvalue weighted by atomic mass is 9.94. The molecule has 1 nitrogen and oxygen atoms in total. The predicted molar refractivity (Wildman–Crippen MR) is 74.0 cm³/mol. The maximum atomic E-state index is 14.1. The van der Waals surface area contributed by atoms with E-state index in [1.54, 1.807) is 13.1 Å². The van der Waals surface area contributed by atoms with E-state index in [1.807, 2.05) is 6.92 Å². The van der Waals surface area contributed by atoms with Crippen LogP contribution in [0.4, 0.5) is 13.2 Å². The van der Waals surface area contributed by atoms with Gasteiger partial charge >= 0.3 is 0 Å². The lowest BCUT2D eigenvalue weighted by Gasteiger charge is -2.17. The van der Waals surface area contributed by atoms with Crippen molar-refractivity contribution in [1.29, 1.82) is 0 Å². The van der Waals surface area contributed by atoms with Gasteiger partial charge < -0.3 is 5.32 Å². The summed E-state index contributed by atoms with van der Waals surface area (Å²) in [5.41, 5.74) is 1.38. The highest BCUT2D eigenvalue weighted by Gasteiger charge is 2.18. The molecule has 1 unspecified atom stereocenters. The molecule has 4 heteroatoms. The quantitative estimate of drug-likeness (QED) is 0.880. The van der Waals surface area contributed by atoms with E-state index in [2.05, 4.69) is 5.32 Å². The van der Waals surface area contributed by atoms with Crippen LogP contribution in [0.1, 0.15) is 24.1 Å². The number of aryl methyl sites for hydroxylation is 1. The molecule has 0 fully saturated rings. The molecule has 106 valence electrons. The van der Waals surface area contributed by atoms with Gasteiger partial charge in [0.15, 0.2) is 11.6 Å². The summed E-state index contributed by atoms with van der Waals surface area (Å²) in [6.07, 6.45) is 0. The number of halogens is 3. The van der Waals surface area contributed by atoms with Crippen molar-refractivity contribution < 1.29 is 13.2 Å². The molecule has 0 saturated heterocycles. The van der Waals surface area contributed by atoms with Crippen LogP contribution in [0.5, 0.6) is 0 Å². The Bertz CT molecular complexity index is 638. The molecule has 0 radical (unpaired) electrons. The molecule has 0 aliphatic rings. The Kier molecular flexibility index (Phi) is 4.14. The molecular formula is C16H16F3N. The van der Waals surface area contributed by atoms with Gasteiger partial charge in [-0.1, -0.05) is 18.2 Å². The zero-order chi connectivity index (χ0) is 14.9. The summed E-state index contributed by atoms with van der Waals surface area (Å²) < 4.78 is 41.3. The van der Waals surface area contributed by atoms with Crippen molar-refractivity contribution in [3.05, 3.63) is 58.9 Å². The molecule has 0 amide bonds. The largest absolute Gasteiger partial charge is 0.313 e. The smallest absolute Gasteiger partial charge is 0.166 e. The van der Waals surface area contributed by atoms with Gasteiger partial charge in [-0.2, -0.15) is 0 Å². The first kappa shape index (κ1) is 14.6. The van der Waals surface area contributed by atoms with E-state index in [-0.39, 0.29) is 17.2 Å². The molecule has 0 spiro atoms. The minimum atomic E-state index is -0.944. The van der Waals surface area contributed by atoms with E-state index in [0.29, 0.717) is 5.56 Å². The maximum absolute atomic E-state index is 14.1. The van der Waals surface area contributed by atoms with E-state index in [4.69, 9.17) is 0 Å². The van der Waals surface area contributed by atoms with Crippen LogP contribution in [0, 0.1) is 24.4 Å². The van der Waals surface area contributed by atoms with Crippen LogP contribution < -0.4 is 5.32 Å². The minimum Gasteiger partial charge on any atom is -0.313 e. The summed E-state index contributed by atoms with van der Waals surface area (Å²) in [6.45, 7) is 3.37. The van der Waals surface area contributed by atoms with Gasteiger partial charge in [-0.25, -0.2) is 13.2 Å². The standard InChI is InChI=1S/C16H16F3N/c1-9-4-6-13(16(19)15(9)18)14-8-11(17)5-7-12(14)10(2)20-3/h4-8,10,20H,1-3H3. The number of rotatable bonds is 3. The minimum absolute atomic E-state index is 0.0738. The third-order valence-electron chi connectivity index (χ3n) is 3.48. The molecule has 0 aromatic heterocycles. The Balaban J connectivity index is 2.69. The molecule has 0 aliphatic carbocycles. The molecule has 20 heavy (non-hydrogen) atoms. The second kappa shape index (κ2) is 5.67. The zero-order valence-electron chi connectivity index (χ0n) is 11.6. The molecule has 1 N–H and O–H groups in total. The summed E-state index contributed by atoms with van der Waals surface area (Å²) in [7, 11) is 1.75. The first-order valence-corrected chi connectivity index (χ1v) is 6.37. The highest BCUT2D eigenvalue weighted by molar-refractivity contribution is 5.69. The van der Waals surface area contributed by atoms with Crippen molar-refractivity contribution in [2.75, 3.05) is 7.05 Å². The molecule has 2 aromatic carbocycles. The van der Waals surface area contributed by atoms with Crippen LogP contribution in [0.25, 0.3) is 11.1 Å². The average Bonchev–Trinajstić information content (AvgIpc) is 2.44. The molecular weight excluding hydrogens is 263 g/mol. The third-order valence-corrected chi connectivity index (χ3v) is 3.48. The van der Waals surface area contributed by atoms with Gasteiger partial charge in [0.2, 0.25) is 0 Å². The van der Waals surface area contributed by atoms with Gasteiger partial charge in [-0.05, 0) is 49.7 Å². The molecule has 0 aliphatic heterocycles. The monoisotopic (exact) mass is 279 g/mol. The lowest BCUT2D eigenvalue weighted by Crippen LogP contribution is -2.13. The SMILES string of the molecule is CNC(C)c1ccc(F)cc1-c1ccc(C)c(F)c1F. The van der Waals surface area contributed by atoms with Crippen LogP contribution in [0.3, 0.4) is 0 Å². The first-order valence-electron chi connectivity index (χ1n) is 6.37. The van der Waals surface area contributed by atoms with Crippen molar-refractivity contribution in [3.63, 3.8) is 0 Å². The summed E-state index contributed by atoms with van der Waals surface area (Å²) >= 11 is 0. The van der Waals surface area contributed by atoms with Gasteiger partial charge in [-0.15, -0.1) is 0 Å². The summed E-state index contributed by atoms with van der Waals surface area (Å²) in [6, 6.07) is 7.00. The van der Waals surface area contributed by atoms with Gasteiger partial charge in [0.25, 0.3) is 0 Å². The highest BCUT2D eigenvalue weighted by atomic mass is 19.2. The zero-order valence-corrected chi connectivity index (χ0v) is 11.6. The Hall–Kier alpha value is -1.81. The molecule has 2 aromatic rings.